The first kappa shape index (κ1) is 18.7. The van der Waals surface area contributed by atoms with Gasteiger partial charge in [-0.05, 0) is 50.3 Å². The third-order valence-corrected chi connectivity index (χ3v) is 8.23. The van der Waals surface area contributed by atoms with Crippen LogP contribution in [0.4, 0.5) is 9.52 Å². The largest absolute Gasteiger partial charge is 0.296 e. The molecule has 0 saturated carbocycles. The molecule has 3 heterocycles. The molecule has 10 heteroatoms. The Morgan fingerprint density at radius 1 is 1.28 bits per heavy atom. The number of rotatable bonds is 3. The monoisotopic (exact) mass is 434 g/mol. The van der Waals surface area contributed by atoms with Crippen LogP contribution >= 0.6 is 11.3 Å². The van der Waals surface area contributed by atoms with Crippen LogP contribution < -0.4 is 5.32 Å². The fourth-order valence-electron chi connectivity index (χ4n) is 4.19. The summed E-state index contributed by atoms with van der Waals surface area (Å²) in [4.78, 5) is 17.3. The Kier molecular flexibility index (Phi) is 4.43. The molecule has 29 heavy (non-hydrogen) atoms. The summed E-state index contributed by atoms with van der Waals surface area (Å²) < 4.78 is 39.7. The highest BCUT2D eigenvalue weighted by atomic mass is 32.2. The van der Waals surface area contributed by atoms with Gasteiger partial charge in [0.2, 0.25) is 0 Å². The molecule has 7 nitrogen and oxygen atoms in total. The molecule has 1 aliphatic carbocycles. The number of halogens is 1. The summed E-state index contributed by atoms with van der Waals surface area (Å²) in [5.74, 6) is -0.470. The predicted octanol–water partition coefficient (Wildman–Crippen LogP) is 3.12. The van der Waals surface area contributed by atoms with Crippen molar-refractivity contribution in [2.75, 3.05) is 16.8 Å². The Hall–Kier alpha value is -2.33. The molecule has 0 unspecified atom stereocenters. The molecule has 0 spiro atoms. The van der Waals surface area contributed by atoms with E-state index >= 15 is 0 Å². The lowest BCUT2D eigenvalue weighted by molar-refractivity contribution is 0.102. The second kappa shape index (κ2) is 6.88. The fraction of sp³-hybridized carbons (Fsp3) is 0.421. The lowest BCUT2D eigenvalue weighted by Crippen LogP contribution is -2.17. The van der Waals surface area contributed by atoms with Crippen LogP contribution in [0.1, 0.15) is 47.1 Å². The van der Waals surface area contributed by atoms with Crippen LogP contribution in [0.5, 0.6) is 0 Å². The first-order chi connectivity index (χ1) is 13.9. The Morgan fingerprint density at radius 3 is 2.90 bits per heavy atom. The van der Waals surface area contributed by atoms with Gasteiger partial charge in [-0.2, -0.15) is 5.10 Å². The normalized spacial score (nSPS) is 20.7. The predicted molar refractivity (Wildman–Crippen MR) is 109 cm³/mol. The number of sulfone groups is 1. The van der Waals surface area contributed by atoms with Gasteiger partial charge >= 0.3 is 0 Å². The van der Waals surface area contributed by atoms with Gasteiger partial charge in [-0.15, -0.1) is 0 Å². The van der Waals surface area contributed by atoms with E-state index in [1.807, 2.05) is 0 Å². The van der Waals surface area contributed by atoms with E-state index in [2.05, 4.69) is 15.4 Å². The third kappa shape index (κ3) is 3.44. The summed E-state index contributed by atoms with van der Waals surface area (Å²) in [6.45, 7) is 0. The van der Waals surface area contributed by atoms with Crippen molar-refractivity contribution in [3.63, 3.8) is 0 Å². The van der Waals surface area contributed by atoms with Crippen molar-refractivity contribution in [1.29, 1.82) is 0 Å². The maximum atomic E-state index is 13.4. The minimum atomic E-state index is -3.05. The van der Waals surface area contributed by atoms with E-state index in [1.165, 1.54) is 23.5 Å². The SMILES string of the molecule is O=C(Nc1nc2ccc(F)cc2s1)c1nn([C@H]2CCS(=O)(=O)C2)c2c1CCCC2. The number of amides is 1. The molecule has 1 amide bonds. The Labute approximate surface area is 170 Å². The van der Waals surface area contributed by atoms with Crippen molar-refractivity contribution in [3.05, 3.63) is 41.0 Å². The van der Waals surface area contributed by atoms with Crippen LogP contribution in [0.15, 0.2) is 18.2 Å². The number of thiazole rings is 1. The van der Waals surface area contributed by atoms with Gasteiger partial charge in [-0.1, -0.05) is 11.3 Å². The van der Waals surface area contributed by atoms with Gasteiger partial charge < -0.3 is 0 Å². The maximum Gasteiger partial charge on any atom is 0.278 e. The van der Waals surface area contributed by atoms with Crippen LogP contribution in [0, 0.1) is 5.82 Å². The third-order valence-electron chi connectivity index (χ3n) is 5.55. The maximum absolute atomic E-state index is 13.4. The number of hydrogen-bond acceptors (Lipinski definition) is 6. The number of nitrogens with zero attached hydrogens (tertiary/aromatic N) is 3. The topological polar surface area (TPSA) is 93.9 Å². The second-order valence-electron chi connectivity index (χ2n) is 7.57. The molecule has 1 saturated heterocycles. The molecule has 5 rings (SSSR count). The summed E-state index contributed by atoms with van der Waals surface area (Å²) >= 11 is 1.21. The zero-order valence-electron chi connectivity index (χ0n) is 15.5. The van der Waals surface area contributed by atoms with Crippen molar-refractivity contribution in [2.24, 2.45) is 0 Å². The van der Waals surface area contributed by atoms with Gasteiger partial charge in [0.15, 0.2) is 20.7 Å². The summed E-state index contributed by atoms with van der Waals surface area (Å²) in [5, 5.41) is 7.74. The second-order valence-corrected chi connectivity index (χ2v) is 10.8. The molecule has 1 N–H and O–H groups in total. The van der Waals surface area contributed by atoms with Crippen LogP contribution in [-0.2, 0) is 22.7 Å². The number of carbonyl (C=O) groups excluding carboxylic acids is 1. The van der Waals surface area contributed by atoms with Crippen molar-refractivity contribution in [1.82, 2.24) is 14.8 Å². The van der Waals surface area contributed by atoms with E-state index in [0.717, 1.165) is 36.9 Å². The molecule has 1 fully saturated rings. The lowest BCUT2D eigenvalue weighted by Gasteiger charge is -2.17. The number of nitrogens with one attached hydrogen (secondary N) is 1. The Bertz CT molecular complexity index is 1230. The average molecular weight is 435 g/mol. The summed E-state index contributed by atoms with van der Waals surface area (Å²) in [5.41, 5.74) is 2.85. The van der Waals surface area contributed by atoms with E-state index in [0.29, 0.717) is 27.5 Å². The van der Waals surface area contributed by atoms with E-state index in [9.17, 15) is 17.6 Å². The number of carbonyl (C=O) groups is 1. The molecule has 152 valence electrons. The summed E-state index contributed by atoms with van der Waals surface area (Å²) in [6, 6.07) is 4.09. The van der Waals surface area contributed by atoms with E-state index in [1.54, 1.807) is 10.7 Å². The smallest absolute Gasteiger partial charge is 0.278 e. The van der Waals surface area contributed by atoms with Crippen molar-refractivity contribution in [3.8, 4) is 0 Å². The van der Waals surface area contributed by atoms with Crippen LogP contribution in [0.25, 0.3) is 10.2 Å². The quantitative estimate of drug-likeness (QED) is 0.684. The van der Waals surface area contributed by atoms with Crippen LogP contribution in [-0.4, -0.2) is 40.6 Å². The number of benzene rings is 1. The van der Waals surface area contributed by atoms with E-state index < -0.39 is 9.84 Å². The van der Waals surface area contributed by atoms with Gasteiger partial charge in [0.1, 0.15) is 5.82 Å². The summed E-state index contributed by atoms with van der Waals surface area (Å²) in [6.07, 6.45) is 4.06. The molecule has 1 aliphatic heterocycles. The molecule has 0 bridgehead atoms. The highest BCUT2D eigenvalue weighted by Crippen LogP contribution is 2.32. The molecule has 2 aromatic heterocycles. The van der Waals surface area contributed by atoms with Crippen molar-refractivity contribution in [2.45, 2.75) is 38.1 Å². The standard InChI is InChI=1S/C19H19FN4O3S2/c20-11-5-6-14-16(9-11)28-19(21-14)22-18(25)17-13-3-1-2-4-15(13)24(23-17)12-7-8-29(26,27)10-12/h5-6,9,12H,1-4,7-8,10H2,(H,21,22,25)/t12-/m0/s1. The molecule has 3 aromatic rings. The average Bonchev–Trinajstić information content (AvgIpc) is 3.35. The van der Waals surface area contributed by atoms with Crippen LogP contribution in [0.3, 0.4) is 0 Å². The molecule has 1 aromatic carbocycles. The highest BCUT2D eigenvalue weighted by Gasteiger charge is 2.34. The highest BCUT2D eigenvalue weighted by molar-refractivity contribution is 7.91. The van der Waals surface area contributed by atoms with Gasteiger partial charge in [-0.25, -0.2) is 17.8 Å². The van der Waals surface area contributed by atoms with Gasteiger partial charge in [0.05, 0.1) is 27.8 Å². The molecule has 0 radical (unpaired) electrons. The van der Waals surface area contributed by atoms with Gasteiger partial charge in [-0.3, -0.25) is 14.8 Å². The molecule has 1 atom stereocenters. The van der Waals surface area contributed by atoms with Crippen LogP contribution in [0.2, 0.25) is 0 Å². The van der Waals surface area contributed by atoms with E-state index in [-0.39, 0.29) is 29.3 Å². The first-order valence-electron chi connectivity index (χ1n) is 9.58. The molecular weight excluding hydrogens is 415 g/mol. The Balaban J connectivity index is 1.47. The minimum absolute atomic E-state index is 0.0750. The molecular formula is C19H19FN4O3S2. The van der Waals surface area contributed by atoms with Gasteiger partial charge in [0, 0.05) is 11.3 Å². The van der Waals surface area contributed by atoms with Crippen molar-refractivity contribution < 1.29 is 17.6 Å². The number of fused-ring (bicyclic) bond motifs is 2. The molecule has 2 aliphatic rings. The van der Waals surface area contributed by atoms with Crippen molar-refractivity contribution >= 4 is 42.4 Å². The summed E-state index contributed by atoms with van der Waals surface area (Å²) in [7, 11) is -3.05. The number of hydrogen-bond donors (Lipinski definition) is 1. The number of aromatic nitrogens is 3. The van der Waals surface area contributed by atoms with Gasteiger partial charge in [0.25, 0.3) is 5.91 Å². The lowest BCUT2D eigenvalue weighted by atomic mass is 9.95. The Morgan fingerprint density at radius 2 is 2.10 bits per heavy atom. The zero-order valence-corrected chi connectivity index (χ0v) is 17.2. The fourth-order valence-corrected chi connectivity index (χ4v) is 6.76. The first-order valence-corrected chi connectivity index (χ1v) is 12.2. The minimum Gasteiger partial charge on any atom is -0.296 e. The van der Waals surface area contributed by atoms with E-state index in [4.69, 9.17) is 0 Å². The number of anilines is 1. The zero-order chi connectivity index (χ0) is 20.2.